The van der Waals surface area contributed by atoms with Gasteiger partial charge in [-0.05, 0) is 19.1 Å². The second-order valence-electron chi connectivity index (χ2n) is 5.04. The normalized spacial score (nSPS) is 10.9. The summed E-state index contributed by atoms with van der Waals surface area (Å²) in [5, 5.41) is 13.2. The van der Waals surface area contributed by atoms with Gasteiger partial charge in [0.1, 0.15) is 23.0 Å². The summed E-state index contributed by atoms with van der Waals surface area (Å²) in [4.78, 5) is 40.4. The topological polar surface area (TPSA) is 114 Å². The zero-order chi connectivity index (χ0) is 17.3. The van der Waals surface area contributed by atoms with Gasteiger partial charge in [0.15, 0.2) is 0 Å². The number of carboxylic acid groups (broad SMARTS) is 1. The van der Waals surface area contributed by atoms with Crippen molar-refractivity contribution in [2.45, 2.75) is 20.0 Å². The minimum absolute atomic E-state index is 0.0249. The Kier molecular flexibility index (Phi) is 4.17. The highest BCUT2D eigenvalue weighted by Crippen LogP contribution is 2.21. The number of amides is 1. The number of nitrogens with zero attached hydrogens (tertiary/aromatic N) is 2. The molecule has 0 saturated carbocycles. The van der Waals surface area contributed by atoms with Gasteiger partial charge in [0.25, 0.3) is 5.56 Å². The maximum absolute atomic E-state index is 12.6. The average molecular weight is 347 g/mol. The van der Waals surface area contributed by atoms with Crippen LogP contribution in [0.5, 0.6) is 0 Å². The van der Waals surface area contributed by atoms with E-state index in [1.807, 2.05) is 0 Å². The lowest BCUT2D eigenvalue weighted by atomic mass is 10.2. The quantitative estimate of drug-likeness (QED) is 0.720. The molecule has 3 aromatic rings. The summed E-state index contributed by atoms with van der Waals surface area (Å²) in [6.45, 7) is 1.55. The fourth-order valence-electron chi connectivity index (χ4n) is 2.27. The number of carboxylic acids is 1. The number of aromatic nitrogens is 2. The van der Waals surface area contributed by atoms with Crippen LogP contribution in [0.3, 0.4) is 0 Å². The van der Waals surface area contributed by atoms with Crippen LogP contribution in [-0.4, -0.2) is 26.5 Å². The third-order valence-electron chi connectivity index (χ3n) is 3.46. The van der Waals surface area contributed by atoms with E-state index in [1.54, 1.807) is 19.1 Å². The first-order valence-electron chi connectivity index (χ1n) is 6.98. The van der Waals surface area contributed by atoms with Crippen molar-refractivity contribution in [3.8, 4) is 0 Å². The van der Waals surface area contributed by atoms with Gasteiger partial charge < -0.3 is 14.8 Å². The Morgan fingerprint density at radius 2 is 2.25 bits per heavy atom. The molecule has 0 radical (unpaired) electrons. The molecule has 0 aromatic carbocycles. The molecule has 9 heteroatoms. The predicted molar refractivity (Wildman–Crippen MR) is 86.1 cm³/mol. The van der Waals surface area contributed by atoms with Crippen molar-refractivity contribution < 1.29 is 19.1 Å². The van der Waals surface area contributed by atoms with E-state index in [2.05, 4.69) is 10.3 Å². The van der Waals surface area contributed by atoms with Gasteiger partial charge in [0.2, 0.25) is 5.91 Å². The summed E-state index contributed by atoms with van der Waals surface area (Å²) in [7, 11) is 0. The van der Waals surface area contributed by atoms with Gasteiger partial charge in [-0.3, -0.25) is 14.2 Å². The van der Waals surface area contributed by atoms with Crippen LogP contribution in [0.15, 0.2) is 33.0 Å². The van der Waals surface area contributed by atoms with E-state index in [0.29, 0.717) is 16.4 Å². The van der Waals surface area contributed by atoms with Crippen LogP contribution in [0, 0.1) is 6.92 Å². The Morgan fingerprint density at radius 3 is 2.92 bits per heavy atom. The summed E-state index contributed by atoms with van der Waals surface area (Å²) < 4.78 is 6.28. The third kappa shape index (κ3) is 2.93. The minimum atomic E-state index is -1.20. The molecule has 124 valence electrons. The number of nitrogens with one attached hydrogen (secondary N) is 1. The van der Waals surface area contributed by atoms with E-state index in [1.165, 1.54) is 16.2 Å². The molecule has 0 bridgehead atoms. The molecule has 0 aliphatic rings. The molecule has 1 amide bonds. The first-order chi connectivity index (χ1) is 11.5. The Morgan fingerprint density at radius 1 is 1.46 bits per heavy atom. The Labute approximate surface area is 139 Å². The number of fused-ring (bicyclic) bond motifs is 1. The molecule has 24 heavy (non-hydrogen) atoms. The minimum Gasteiger partial charge on any atom is -0.478 e. The number of thiophene rings is 1. The summed E-state index contributed by atoms with van der Waals surface area (Å²) in [6, 6.07) is 3.42. The van der Waals surface area contributed by atoms with Crippen molar-refractivity contribution in [2.75, 3.05) is 0 Å². The highest BCUT2D eigenvalue weighted by molar-refractivity contribution is 7.17. The summed E-state index contributed by atoms with van der Waals surface area (Å²) in [6.07, 6.45) is 1.50. The lowest BCUT2D eigenvalue weighted by Gasteiger charge is -2.09. The van der Waals surface area contributed by atoms with Gasteiger partial charge in [-0.25, -0.2) is 9.78 Å². The Bertz CT molecular complexity index is 971. The molecule has 0 aliphatic heterocycles. The average Bonchev–Trinajstić information content (AvgIpc) is 3.18. The fraction of sp³-hybridized carbons (Fsp3) is 0.200. The molecule has 8 nitrogen and oxygen atoms in total. The van der Waals surface area contributed by atoms with Crippen LogP contribution in [0.2, 0.25) is 0 Å². The van der Waals surface area contributed by atoms with Gasteiger partial charge in [-0.1, -0.05) is 0 Å². The molecule has 3 aromatic heterocycles. The Hall–Kier alpha value is -2.94. The second-order valence-corrected chi connectivity index (χ2v) is 5.90. The largest absolute Gasteiger partial charge is 0.478 e. The second kappa shape index (κ2) is 6.28. The molecule has 3 heterocycles. The van der Waals surface area contributed by atoms with Gasteiger partial charge in [-0.2, -0.15) is 0 Å². The van der Waals surface area contributed by atoms with E-state index >= 15 is 0 Å². The van der Waals surface area contributed by atoms with Crippen molar-refractivity contribution in [1.29, 1.82) is 0 Å². The summed E-state index contributed by atoms with van der Waals surface area (Å²) >= 11 is 1.09. The van der Waals surface area contributed by atoms with E-state index in [4.69, 9.17) is 9.52 Å². The van der Waals surface area contributed by atoms with Gasteiger partial charge in [0.05, 0.1) is 23.8 Å². The molecule has 0 saturated heterocycles. The number of hydrogen-bond acceptors (Lipinski definition) is 6. The SMILES string of the molecule is Cc1nc2scc(C(=O)O)c2c(=O)n1CC(=O)NCc1ccco1. The monoisotopic (exact) mass is 347 g/mol. The van der Waals surface area contributed by atoms with Gasteiger partial charge >= 0.3 is 5.97 Å². The number of carbonyl (C=O) groups is 2. The molecular formula is C15H13N3O5S. The van der Waals surface area contributed by atoms with Crippen LogP contribution in [0.4, 0.5) is 0 Å². The van der Waals surface area contributed by atoms with Gasteiger partial charge in [0, 0.05) is 5.38 Å². The highest BCUT2D eigenvalue weighted by atomic mass is 32.1. The zero-order valence-electron chi connectivity index (χ0n) is 12.6. The lowest BCUT2D eigenvalue weighted by Crippen LogP contribution is -2.33. The number of rotatable bonds is 5. The predicted octanol–water partition coefficient (Wildman–Crippen LogP) is 1.37. The maximum Gasteiger partial charge on any atom is 0.337 e. The number of hydrogen-bond donors (Lipinski definition) is 2. The molecule has 3 rings (SSSR count). The Balaban J connectivity index is 1.88. The van der Waals surface area contributed by atoms with Gasteiger partial charge in [-0.15, -0.1) is 11.3 Å². The highest BCUT2D eigenvalue weighted by Gasteiger charge is 2.19. The van der Waals surface area contributed by atoms with Crippen LogP contribution in [0.25, 0.3) is 10.2 Å². The zero-order valence-corrected chi connectivity index (χ0v) is 13.4. The third-order valence-corrected chi connectivity index (χ3v) is 4.33. The molecule has 2 N–H and O–H groups in total. The summed E-state index contributed by atoms with van der Waals surface area (Å²) in [5.41, 5.74) is -0.637. The first-order valence-corrected chi connectivity index (χ1v) is 7.86. The molecule has 0 unspecified atom stereocenters. The molecule has 0 atom stereocenters. The van der Waals surface area contributed by atoms with Crippen molar-refractivity contribution in [2.24, 2.45) is 0 Å². The fourth-order valence-corrected chi connectivity index (χ4v) is 3.22. The molecular weight excluding hydrogens is 334 g/mol. The van der Waals surface area contributed by atoms with Crippen LogP contribution < -0.4 is 10.9 Å². The summed E-state index contributed by atoms with van der Waals surface area (Å²) in [5.74, 6) is -0.658. The van der Waals surface area contributed by atoms with Crippen LogP contribution in [0.1, 0.15) is 21.9 Å². The smallest absolute Gasteiger partial charge is 0.337 e. The molecule has 0 fully saturated rings. The van der Waals surface area contributed by atoms with Crippen molar-refractivity contribution in [3.05, 3.63) is 51.3 Å². The number of aromatic carboxylic acids is 1. The lowest BCUT2D eigenvalue weighted by molar-refractivity contribution is -0.122. The van der Waals surface area contributed by atoms with Crippen molar-refractivity contribution >= 4 is 33.4 Å². The number of furan rings is 1. The van der Waals surface area contributed by atoms with Crippen LogP contribution in [-0.2, 0) is 17.9 Å². The van der Waals surface area contributed by atoms with E-state index in [-0.39, 0.29) is 24.0 Å². The van der Waals surface area contributed by atoms with E-state index < -0.39 is 17.4 Å². The van der Waals surface area contributed by atoms with Crippen LogP contribution >= 0.6 is 11.3 Å². The molecule has 0 spiro atoms. The first kappa shape index (κ1) is 15.9. The van der Waals surface area contributed by atoms with E-state index in [9.17, 15) is 14.4 Å². The molecule has 0 aliphatic carbocycles. The standard InChI is InChI=1S/C15H13N3O5S/c1-8-17-13-12(10(7-24-13)15(21)22)14(20)18(8)6-11(19)16-5-9-3-2-4-23-9/h2-4,7H,5-6H2,1H3,(H,16,19)(H,21,22). The number of aryl methyl sites for hydroxylation is 1. The van der Waals surface area contributed by atoms with E-state index in [0.717, 1.165) is 11.3 Å². The maximum atomic E-state index is 12.6. The van der Waals surface area contributed by atoms with Crippen molar-refractivity contribution in [3.63, 3.8) is 0 Å². The van der Waals surface area contributed by atoms with Crippen molar-refractivity contribution in [1.82, 2.24) is 14.9 Å². The number of carbonyl (C=O) groups excluding carboxylic acids is 1.